The van der Waals surface area contributed by atoms with Gasteiger partial charge in [-0.2, -0.15) is 0 Å². The quantitative estimate of drug-likeness (QED) is 0.107. The van der Waals surface area contributed by atoms with Crippen LogP contribution in [0, 0.1) is 0 Å². The fourth-order valence-corrected chi connectivity index (χ4v) is 6.39. The van der Waals surface area contributed by atoms with Gasteiger partial charge < -0.3 is 5.11 Å². The van der Waals surface area contributed by atoms with Crippen molar-refractivity contribution in [1.29, 1.82) is 0 Å². The van der Waals surface area contributed by atoms with Crippen LogP contribution in [-0.2, 0) is 0 Å². The van der Waals surface area contributed by atoms with E-state index in [1.165, 1.54) is 111 Å². The van der Waals surface area contributed by atoms with Gasteiger partial charge in [0, 0.05) is 10.5 Å². The topological polar surface area (TPSA) is 23.5 Å². The monoisotopic (exact) mass is 617 g/mol. The minimum absolute atomic E-state index is 0. The molecule has 0 aliphatic carbocycles. The highest BCUT2D eigenvalue weighted by atomic mass is 79.9. The summed E-state index contributed by atoms with van der Waals surface area (Å²) in [6.45, 7) is 8.98. The Bertz CT molecular complexity index is 1070. The third kappa shape index (κ3) is 10.7. The van der Waals surface area contributed by atoms with E-state index in [1.807, 2.05) is 0 Å². The average Bonchev–Trinajstić information content (AvgIpc) is 2.94. The molecule has 0 amide bonds. The molecule has 218 valence electrons. The number of unbranched alkanes of at least 4 members (excludes halogenated alkanes) is 12. The molecule has 2 unspecified atom stereocenters. The molecule has 0 heterocycles. The molecule has 2 atom stereocenters. The van der Waals surface area contributed by atoms with Gasteiger partial charge in [0.05, 0.1) is 6.10 Å². The van der Waals surface area contributed by atoms with Crippen LogP contribution in [0.15, 0.2) is 53.0 Å². The molecule has 0 saturated heterocycles. The summed E-state index contributed by atoms with van der Waals surface area (Å²) in [5.41, 5.74) is 1.03. The molecule has 3 aromatic carbocycles. The third-order valence-electron chi connectivity index (χ3n) is 8.31. The van der Waals surface area contributed by atoms with Crippen LogP contribution in [0.3, 0.4) is 0 Å². The summed E-state index contributed by atoms with van der Waals surface area (Å²) in [7, 11) is 0. The largest absolute Gasteiger partial charge is 0.387 e. The van der Waals surface area contributed by atoms with Crippen molar-refractivity contribution in [1.82, 2.24) is 4.90 Å². The highest BCUT2D eigenvalue weighted by molar-refractivity contribution is 9.10. The first kappa shape index (κ1) is 34.1. The van der Waals surface area contributed by atoms with E-state index in [1.54, 1.807) is 0 Å². The molecule has 4 heteroatoms. The van der Waals surface area contributed by atoms with Gasteiger partial charge in [0.1, 0.15) is 0 Å². The molecule has 0 aromatic heterocycles. The second-order valence-electron chi connectivity index (χ2n) is 11.3. The van der Waals surface area contributed by atoms with E-state index in [2.05, 4.69) is 90.1 Å². The maximum atomic E-state index is 11.6. The van der Waals surface area contributed by atoms with Crippen LogP contribution in [0.1, 0.15) is 122 Å². The molecule has 0 radical (unpaired) electrons. The predicted molar refractivity (Wildman–Crippen MR) is 178 cm³/mol. The van der Waals surface area contributed by atoms with E-state index in [4.69, 9.17) is 0 Å². The summed E-state index contributed by atoms with van der Waals surface area (Å²) in [6, 6.07) is 17.4. The van der Waals surface area contributed by atoms with Crippen molar-refractivity contribution in [2.24, 2.45) is 0 Å². The zero-order valence-electron chi connectivity index (χ0n) is 24.8. The molecular weight excluding hydrogens is 566 g/mol. The maximum absolute atomic E-state index is 11.6. The minimum atomic E-state index is -0.490. The Morgan fingerprint density at radius 1 is 0.667 bits per heavy atom. The van der Waals surface area contributed by atoms with Gasteiger partial charge in [0.15, 0.2) is 0 Å². The molecule has 0 saturated carbocycles. The summed E-state index contributed by atoms with van der Waals surface area (Å²) in [4.78, 5) is 2.58. The summed E-state index contributed by atoms with van der Waals surface area (Å²) in [5.74, 6) is 0. The Labute approximate surface area is 253 Å². The van der Waals surface area contributed by atoms with E-state index in [0.717, 1.165) is 23.1 Å². The number of aliphatic hydroxyl groups is 1. The van der Waals surface area contributed by atoms with E-state index in [0.29, 0.717) is 0 Å². The van der Waals surface area contributed by atoms with Crippen molar-refractivity contribution in [3.8, 4) is 0 Å². The molecule has 3 rings (SSSR count). The summed E-state index contributed by atoms with van der Waals surface area (Å²) >= 11 is 3.75. The molecule has 0 aliphatic heterocycles. The number of halogens is 2. The number of rotatable bonds is 19. The fraction of sp³-hybridized carbons (Fsp3) is 0.600. The zero-order valence-corrected chi connectivity index (χ0v) is 27.2. The van der Waals surface area contributed by atoms with Crippen LogP contribution in [0.5, 0.6) is 0 Å². The maximum Gasteiger partial charge on any atom is 0.0942 e. The molecule has 0 aliphatic rings. The lowest BCUT2D eigenvalue weighted by Crippen LogP contribution is -2.39. The van der Waals surface area contributed by atoms with Crippen LogP contribution >= 0.6 is 28.3 Å². The van der Waals surface area contributed by atoms with Crippen molar-refractivity contribution in [3.05, 3.63) is 58.6 Å². The highest BCUT2D eigenvalue weighted by Gasteiger charge is 2.23. The SMILES string of the molecule is CCCCCCCCCN(CCCCCCCCC)C(C)C(O)c1ccc2cc(Br)c3ccccc3c2c1.Cl. The molecule has 1 N–H and O–H groups in total. The first-order valence-corrected chi connectivity index (χ1v) is 16.4. The van der Waals surface area contributed by atoms with Crippen LogP contribution < -0.4 is 0 Å². The molecule has 3 aromatic rings. The summed E-state index contributed by atoms with van der Waals surface area (Å²) in [6.07, 6.45) is 18.1. The van der Waals surface area contributed by atoms with Gasteiger partial charge >= 0.3 is 0 Å². The summed E-state index contributed by atoms with van der Waals surface area (Å²) < 4.78 is 1.12. The van der Waals surface area contributed by atoms with Crippen LogP contribution in [0.25, 0.3) is 21.5 Å². The average molecular weight is 619 g/mol. The van der Waals surface area contributed by atoms with Gasteiger partial charge in [-0.3, -0.25) is 4.90 Å². The Morgan fingerprint density at radius 2 is 1.18 bits per heavy atom. The first-order chi connectivity index (χ1) is 18.6. The number of benzene rings is 3. The Balaban J connectivity index is 0.00000533. The van der Waals surface area contributed by atoms with E-state index >= 15 is 0 Å². The van der Waals surface area contributed by atoms with Gasteiger partial charge in [-0.25, -0.2) is 0 Å². The van der Waals surface area contributed by atoms with E-state index in [9.17, 15) is 5.11 Å². The smallest absolute Gasteiger partial charge is 0.0942 e. The molecule has 2 nitrogen and oxygen atoms in total. The van der Waals surface area contributed by atoms with Crippen molar-refractivity contribution in [2.45, 2.75) is 123 Å². The Hall–Kier alpha value is -1.13. The molecule has 39 heavy (non-hydrogen) atoms. The van der Waals surface area contributed by atoms with Crippen LogP contribution in [-0.4, -0.2) is 29.1 Å². The Kier molecular flexibility index (Phi) is 16.7. The zero-order chi connectivity index (χ0) is 27.2. The number of hydrogen-bond acceptors (Lipinski definition) is 2. The normalized spacial score (nSPS) is 13.2. The minimum Gasteiger partial charge on any atom is -0.387 e. The van der Waals surface area contributed by atoms with E-state index < -0.39 is 6.10 Å². The van der Waals surface area contributed by atoms with Gasteiger partial charge in [-0.05, 0) is 72.1 Å². The Morgan fingerprint density at radius 3 is 1.74 bits per heavy atom. The van der Waals surface area contributed by atoms with Crippen LogP contribution in [0.4, 0.5) is 0 Å². The lowest BCUT2D eigenvalue weighted by Gasteiger charge is -2.33. The highest BCUT2D eigenvalue weighted by Crippen LogP contribution is 2.34. The number of aliphatic hydroxyl groups excluding tert-OH is 1. The standard InChI is InChI=1S/C35H52BrNO.ClH/c1-4-6-8-10-12-14-18-24-37(25-19-15-13-11-9-7-5-2)28(3)35(38)30-23-22-29-27-34(36)32-21-17-16-20-31(32)33(29)26-30;/h16-17,20-23,26-28,35,38H,4-15,18-19,24-25H2,1-3H3;1H. The van der Waals surface area contributed by atoms with Gasteiger partial charge in [-0.15, -0.1) is 12.4 Å². The fourth-order valence-electron chi connectivity index (χ4n) is 5.80. The van der Waals surface area contributed by atoms with Crippen molar-refractivity contribution in [2.75, 3.05) is 13.1 Å². The van der Waals surface area contributed by atoms with Crippen LogP contribution in [0.2, 0.25) is 0 Å². The van der Waals surface area contributed by atoms with Crippen molar-refractivity contribution < 1.29 is 5.11 Å². The van der Waals surface area contributed by atoms with Gasteiger partial charge in [0.25, 0.3) is 0 Å². The second-order valence-corrected chi connectivity index (χ2v) is 12.2. The van der Waals surface area contributed by atoms with E-state index in [-0.39, 0.29) is 18.4 Å². The lowest BCUT2D eigenvalue weighted by atomic mass is 9.95. The van der Waals surface area contributed by atoms with Crippen molar-refractivity contribution in [3.63, 3.8) is 0 Å². The molecule has 0 fully saturated rings. The summed E-state index contributed by atoms with van der Waals surface area (Å²) in [5, 5.41) is 16.5. The molecular formula is C35H53BrClNO. The second kappa shape index (κ2) is 19.1. The van der Waals surface area contributed by atoms with Crippen molar-refractivity contribution >= 4 is 49.9 Å². The molecule has 0 spiro atoms. The third-order valence-corrected chi connectivity index (χ3v) is 8.96. The van der Waals surface area contributed by atoms with Gasteiger partial charge in [0.2, 0.25) is 0 Å². The number of fused-ring (bicyclic) bond motifs is 3. The molecule has 0 bridgehead atoms. The predicted octanol–water partition coefficient (Wildman–Crippen LogP) is 11.4. The number of nitrogens with zero attached hydrogens (tertiary/aromatic N) is 1. The lowest BCUT2D eigenvalue weighted by molar-refractivity contribution is 0.0555. The number of hydrogen-bond donors (Lipinski definition) is 1. The van der Waals surface area contributed by atoms with Gasteiger partial charge in [-0.1, -0.05) is 143 Å². The first-order valence-electron chi connectivity index (χ1n) is 15.6.